The molecule has 0 aromatic rings. The smallest absolute Gasteiger partial charge is 0.220 e. The maximum atomic E-state index is 11.5. The molecule has 0 aromatic heterocycles. The molecule has 0 saturated heterocycles. The van der Waals surface area contributed by atoms with Gasteiger partial charge in [-0.05, 0) is 13.3 Å². The standard InChI is InChI=1S/C16H33NO3/c1-3-5-6-7-8-9-10-11-16(18)17-12-13-20-15-14-19-4-2/h3-15H2,1-2H3,(H,17,18). The zero-order valence-electron chi connectivity index (χ0n) is 13.4. The number of hydrogen-bond acceptors (Lipinski definition) is 3. The highest BCUT2D eigenvalue weighted by Crippen LogP contribution is 2.08. The van der Waals surface area contributed by atoms with Crippen LogP contribution in [0.1, 0.15) is 65.2 Å². The summed E-state index contributed by atoms with van der Waals surface area (Å²) in [6.07, 6.45) is 9.34. The molecular formula is C16H33NO3. The Bertz CT molecular complexity index is 190. The molecular weight excluding hydrogens is 254 g/mol. The van der Waals surface area contributed by atoms with E-state index < -0.39 is 0 Å². The molecule has 4 nitrogen and oxygen atoms in total. The SMILES string of the molecule is CCCCCCCCCC(=O)NCCOCCOCC. The summed E-state index contributed by atoms with van der Waals surface area (Å²) >= 11 is 0. The van der Waals surface area contributed by atoms with E-state index in [1.165, 1.54) is 38.5 Å². The Morgan fingerprint density at radius 3 is 2.20 bits per heavy atom. The number of unbranched alkanes of at least 4 members (excludes halogenated alkanes) is 6. The lowest BCUT2D eigenvalue weighted by Gasteiger charge is -2.06. The van der Waals surface area contributed by atoms with Gasteiger partial charge in [0, 0.05) is 19.6 Å². The van der Waals surface area contributed by atoms with Crippen molar-refractivity contribution in [2.24, 2.45) is 0 Å². The van der Waals surface area contributed by atoms with E-state index in [2.05, 4.69) is 12.2 Å². The summed E-state index contributed by atoms with van der Waals surface area (Å²) in [7, 11) is 0. The van der Waals surface area contributed by atoms with Crippen molar-refractivity contribution in [1.82, 2.24) is 5.32 Å². The van der Waals surface area contributed by atoms with Crippen LogP contribution in [0.25, 0.3) is 0 Å². The number of carbonyl (C=O) groups excluding carboxylic acids is 1. The second-order valence-electron chi connectivity index (χ2n) is 5.03. The third-order valence-electron chi connectivity index (χ3n) is 3.15. The summed E-state index contributed by atoms with van der Waals surface area (Å²) < 4.78 is 10.5. The molecule has 0 aromatic carbocycles. The summed E-state index contributed by atoms with van der Waals surface area (Å²) in [6.45, 7) is 7.30. The van der Waals surface area contributed by atoms with Crippen molar-refractivity contribution in [2.75, 3.05) is 33.0 Å². The van der Waals surface area contributed by atoms with Crippen LogP contribution in [0.15, 0.2) is 0 Å². The Morgan fingerprint density at radius 1 is 0.850 bits per heavy atom. The summed E-state index contributed by atoms with van der Waals surface area (Å²) in [5.41, 5.74) is 0. The highest BCUT2D eigenvalue weighted by molar-refractivity contribution is 5.75. The van der Waals surface area contributed by atoms with E-state index in [-0.39, 0.29) is 5.91 Å². The van der Waals surface area contributed by atoms with Crippen LogP contribution in [0.5, 0.6) is 0 Å². The minimum atomic E-state index is 0.145. The first-order chi connectivity index (χ1) is 9.81. The molecule has 0 bridgehead atoms. The number of amides is 1. The topological polar surface area (TPSA) is 47.6 Å². The van der Waals surface area contributed by atoms with Crippen LogP contribution >= 0.6 is 0 Å². The van der Waals surface area contributed by atoms with E-state index in [1.807, 2.05) is 6.92 Å². The Hall–Kier alpha value is -0.610. The number of nitrogens with one attached hydrogen (secondary N) is 1. The predicted molar refractivity (Wildman–Crippen MR) is 82.9 cm³/mol. The number of hydrogen-bond donors (Lipinski definition) is 1. The van der Waals surface area contributed by atoms with E-state index in [0.29, 0.717) is 32.8 Å². The molecule has 120 valence electrons. The molecule has 0 fully saturated rings. The first-order valence-corrected chi connectivity index (χ1v) is 8.23. The minimum absolute atomic E-state index is 0.145. The molecule has 0 heterocycles. The van der Waals surface area contributed by atoms with Gasteiger partial charge in [0.25, 0.3) is 0 Å². The van der Waals surface area contributed by atoms with Crippen molar-refractivity contribution < 1.29 is 14.3 Å². The van der Waals surface area contributed by atoms with Crippen molar-refractivity contribution in [1.29, 1.82) is 0 Å². The normalized spacial score (nSPS) is 10.7. The lowest BCUT2D eigenvalue weighted by Crippen LogP contribution is -2.27. The fraction of sp³-hybridized carbons (Fsp3) is 0.938. The van der Waals surface area contributed by atoms with Crippen LogP contribution in [-0.2, 0) is 14.3 Å². The Morgan fingerprint density at radius 2 is 1.50 bits per heavy atom. The Labute approximate surface area is 124 Å². The molecule has 0 rings (SSSR count). The average Bonchev–Trinajstić information content (AvgIpc) is 2.45. The van der Waals surface area contributed by atoms with Crippen molar-refractivity contribution in [3.05, 3.63) is 0 Å². The van der Waals surface area contributed by atoms with E-state index in [4.69, 9.17) is 9.47 Å². The number of rotatable bonds is 15. The first kappa shape index (κ1) is 19.4. The van der Waals surface area contributed by atoms with Crippen molar-refractivity contribution in [2.45, 2.75) is 65.2 Å². The molecule has 0 aliphatic rings. The van der Waals surface area contributed by atoms with E-state index in [1.54, 1.807) is 0 Å². The van der Waals surface area contributed by atoms with Crippen LogP contribution in [0.4, 0.5) is 0 Å². The summed E-state index contributed by atoms with van der Waals surface area (Å²) in [5.74, 6) is 0.145. The first-order valence-electron chi connectivity index (χ1n) is 8.23. The minimum Gasteiger partial charge on any atom is -0.379 e. The lowest BCUT2D eigenvalue weighted by molar-refractivity contribution is -0.121. The molecule has 1 N–H and O–H groups in total. The van der Waals surface area contributed by atoms with Crippen molar-refractivity contribution >= 4 is 5.91 Å². The summed E-state index contributed by atoms with van der Waals surface area (Å²) in [5, 5.41) is 2.88. The van der Waals surface area contributed by atoms with Crippen LogP contribution in [0.2, 0.25) is 0 Å². The molecule has 0 aliphatic heterocycles. The van der Waals surface area contributed by atoms with Crippen molar-refractivity contribution in [3.8, 4) is 0 Å². The van der Waals surface area contributed by atoms with Crippen LogP contribution in [0.3, 0.4) is 0 Å². The quantitative estimate of drug-likeness (QED) is 0.470. The molecule has 0 unspecified atom stereocenters. The third-order valence-corrected chi connectivity index (χ3v) is 3.15. The highest BCUT2D eigenvalue weighted by Gasteiger charge is 2.00. The van der Waals surface area contributed by atoms with Gasteiger partial charge < -0.3 is 14.8 Å². The number of carbonyl (C=O) groups is 1. The van der Waals surface area contributed by atoms with Crippen LogP contribution in [0, 0.1) is 0 Å². The summed E-state index contributed by atoms with van der Waals surface area (Å²) in [6, 6.07) is 0. The Balaban J connectivity index is 3.13. The molecule has 1 amide bonds. The lowest BCUT2D eigenvalue weighted by atomic mass is 10.1. The fourth-order valence-corrected chi connectivity index (χ4v) is 1.96. The molecule has 0 spiro atoms. The molecule has 4 heteroatoms. The second-order valence-corrected chi connectivity index (χ2v) is 5.03. The van der Waals surface area contributed by atoms with Gasteiger partial charge in [-0.3, -0.25) is 4.79 Å². The van der Waals surface area contributed by atoms with Gasteiger partial charge in [-0.1, -0.05) is 45.4 Å². The monoisotopic (exact) mass is 287 g/mol. The highest BCUT2D eigenvalue weighted by atomic mass is 16.5. The second kappa shape index (κ2) is 16.4. The Kier molecular flexibility index (Phi) is 15.9. The van der Waals surface area contributed by atoms with Gasteiger partial charge in [0.1, 0.15) is 0 Å². The number of ether oxygens (including phenoxy) is 2. The van der Waals surface area contributed by atoms with Gasteiger partial charge in [-0.15, -0.1) is 0 Å². The van der Waals surface area contributed by atoms with E-state index in [0.717, 1.165) is 13.0 Å². The predicted octanol–water partition coefficient (Wildman–Crippen LogP) is 3.30. The zero-order chi connectivity index (χ0) is 14.9. The average molecular weight is 287 g/mol. The molecule has 0 radical (unpaired) electrons. The van der Waals surface area contributed by atoms with Crippen LogP contribution in [-0.4, -0.2) is 38.9 Å². The van der Waals surface area contributed by atoms with Crippen LogP contribution < -0.4 is 5.32 Å². The van der Waals surface area contributed by atoms with Gasteiger partial charge in [0.05, 0.1) is 19.8 Å². The van der Waals surface area contributed by atoms with Gasteiger partial charge in [-0.25, -0.2) is 0 Å². The zero-order valence-corrected chi connectivity index (χ0v) is 13.4. The molecule has 0 saturated carbocycles. The fourth-order valence-electron chi connectivity index (χ4n) is 1.96. The van der Waals surface area contributed by atoms with Gasteiger partial charge in [0.2, 0.25) is 5.91 Å². The molecule has 20 heavy (non-hydrogen) atoms. The largest absolute Gasteiger partial charge is 0.379 e. The maximum Gasteiger partial charge on any atom is 0.220 e. The maximum absolute atomic E-state index is 11.5. The van der Waals surface area contributed by atoms with Crippen molar-refractivity contribution in [3.63, 3.8) is 0 Å². The van der Waals surface area contributed by atoms with E-state index in [9.17, 15) is 4.79 Å². The third kappa shape index (κ3) is 15.4. The van der Waals surface area contributed by atoms with Gasteiger partial charge in [-0.2, -0.15) is 0 Å². The van der Waals surface area contributed by atoms with Gasteiger partial charge >= 0.3 is 0 Å². The molecule has 0 atom stereocenters. The van der Waals surface area contributed by atoms with Gasteiger partial charge in [0.15, 0.2) is 0 Å². The van der Waals surface area contributed by atoms with E-state index >= 15 is 0 Å². The molecule has 0 aliphatic carbocycles. The summed E-state index contributed by atoms with van der Waals surface area (Å²) in [4.78, 5) is 11.5.